The molecule has 2 N–H and O–H groups in total. The molecule has 0 saturated heterocycles. The first-order chi connectivity index (χ1) is 13.7. The van der Waals surface area contributed by atoms with Crippen LogP contribution in [-0.4, -0.2) is 37.1 Å². The molecule has 2 aromatic carbocycles. The third-order valence-corrected chi connectivity index (χ3v) is 5.01. The van der Waals surface area contributed by atoms with Gasteiger partial charge < -0.3 is 15.5 Å². The van der Waals surface area contributed by atoms with Gasteiger partial charge in [-0.25, -0.2) is 4.98 Å². The quantitative estimate of drug-likeness (QED) is 0.697. The number of nitrogens with zero attached hydrogens (tertiary/aromatic N) is 3. The number of pyridine rings is 1. The average Bonchev–Trinajstić information content (AvgIpc) is 2.90. The monoisotopic (exact) mass is 373 g/mol. The Labute approximate surface area is 167 Å². The summed E-state index contributed by atoms with van der Waals surface area (Å²) >= 11 is 0. The van der Waals surface area contributed by atoms with Gasteiger partial charge >= 0.3 is 0 Å². The minimum Gasteiger partial charge on any atom is -0.383 e. The highest BCUT2D eigenvalue weighted by Crippen LogP contribution is 2.26. The third kappa shape index (κ3) is 4.43. The van der Waals surface area contributed by atoms with E-state index in [1.54, 1.807) is 0 Å². The van der Waals surface area contributed by atoms with Crippen LogP contribution in [0.2, 0.25) is 0 Å². The molecule has 3 aromatic rings. The van der Waals surface area contributed by atoms with Crippen molar-refractivity contribution in [3.05, 3.63) is 78.0 Å². The lowest BCUT2D eigenvalue weighted by Gasteiger charge is -2.19. The fourth-order valence-electron chi connectivity index (χ4n) is 3.50. The predicted molar refractivity (Wildman–Crippen MR) is 117 cm³/mol. The van der Waals surface area contributed by atoms with Crippen LogP contribution in [0.15, 0.2) is 66.9 Å². The summed E-state index contributed by atoms with van der Waals surface area (Å²) in [6.07, 6.45) is 1.99. The highest BCUT2D eigenvalue weighted by molar-refractivity contribution is 5.66. The van der Waals surface area contributed by atoms with Gasteiger partial charge in [-0.2, -0.15) is 0 Å². The molecule has 0 amide bonds. The molecule has 144 valence electrons. The van der Waals surface area contributed by atoms with Crippen molar-refractivity contribution in [1.29, 1.82) is 0 Å². The number of nitrogens with one attached hydrogen (secondary N) is 2. The molecule has 5 heteroatoms. The number of anilines is 4. The van der Waals surface area contributed by atoms with Gasteiger partial charge in [-0.15, -0.1) is 0 Å². The number of benzene rings is 2. The van der Waals surface area contributed by atoms with Gasteiger partial charge in [0, 0.05) is 75.2 Å². The highest BCUT2D eigenvalue weighted by atomic mass is 15.2. The van der Waals surface area contributed by atoms with E-state index in [9.17, 15) is 0 Å². The third-order valence-electron chi connectivity index (χ3n) is 5.01. The van der Waals surface area contributed by atoms with Gasteiger partial charge in [0.25, 0.3) is 0 Å². The first kappa shape index (κ1) is 18.3. The van der Waals surface area contributed by atoms with E-state index < -0.39 is 0 Å². The molecule has 4 rings (SSSR count). The summed E-state index contributed by atoms with van der Waals surface area (Å²) < 4.78 is 0. The van der Waals surface area contributed by atoms with E-state index in [1.165, 1.54) is 11.1 Å². The Bertz CT molecular complexity index is 923. The molecule has 1 aliphatic heterocycles. The molecular weight excluding hydrogens is 346 g/mol. The molecular formula is C23H27N5. The molecule has 0 spiro atoms. The molecule has 0 aliphatic carbocycles. The molecule has 0 radical (unpaired) electrons. The molecule has 0 atom stereocenters. The lowest BCUT2D eigenvalue weighted by Crippen LogP contribution is -2.25. The molecule has 2 heterocycles. The maximum Gasteiger partial charge on any atom is 0.132 e. The summed E-state index contributed by atoms with van der Waals surface area (Å²) in [4.78, 5) is 9.21. The summed E-state index contributed by atoms with van der Waals surface area (Å²) in [6.45, 7) is 3.80. The maximum atomic E-state index is 4.65. The molecule has 0 bridgehead atoms. The summed E-state index contributed by atoms with van der Waals surface area (Å²) in [5, 5.41) is 7.00. The predicted octanol–water partition coefficient (Wildman–Crippen LogP) is 4.32. The number of aromatic nitrogens is 1. The molecule has 1 aromatic heterocycles. The first-order valence-corrected chi connectivity index (χ1v) is 9.71. The van der Waals surface area contributed by atoms with E-state index in [4.69, 9.17) is 0 Å². The smallest absolute Gasteiger partial charge is 0.132 e. The zero-order valence-corrected chi connectivity index (χ0v) is 16.5. The van der Waals surface area contributed by atoms with Crippen molar-refractivity contribution in [2.45, 2.75) is 13.1 Å². The minimum absolute atomic E-state index is 0.860. The van der Waals surface area contributed by atoms with Crippen LogP contribution in [0.3, 0.4) is 0 Å². The maximum absolute atomic E-state index is 4.65. The van der Waals surface area contributed by atoms with Gasteiger partial charge in [0.2, 0.25) is 0 Å². The van der Waals surface area contributed by atoms with Gasteiger partial charge in [0.15, 0.2) is 0 Å². The summed E-state index contributed by atoms with van der Waals surface area (Å²) in [6, 6.07) is 21.1. The Morgan fingerprint density at radius 3 is 2.75 bits per heavy atom. The normalized spacial score (nSPS) is 13.9. The summed E-state index contributed by atoms with van der Waals surface area (Å²) in [5.74, 6) is 0.860. The van der Waals surface area contributed by atoms with Crippen LogP contribution in [0.4, 0.5) is 22.9 Å². The Kier molecular flexibility index (Phi) is 5.44. The van der Waals surface area contributed by atoms with E-state index >= 15 is 0 Å². The minimum atomic E-state index is 0.860. The Balaban J connectivity index is 1.48. The van der Waals surface area contributed by atoms with Crippen LogP contribution in [0.1, 0.15) is 11.1 Å². The number of rotatable bonds is 5. The van der Waals surface area contributed by atoms with Crippen molar-refractivity contribution in [2.75, 3.05) is 42.7 Å². The number of hydrogen-bond donors (Lipinski definition) is 2. The fraction of sp³-hybridized carbons (Fsp3) is 0.261. The standard InChI is InChI=1S/C23H27N5/c1-27(2)21-10-6-9-20(13-21)26-23-14-22-19(15-25-23)17-28(12-11-24-22)16-18-7-4-3-5-8-18/h3-10,13-15,24H,11-12,16-17H2,1-2H3,(H,25,26). The lowest BCUT2D eigenvalue weighted by atomic mass is 10.2. The van der Waals surface area contributed by atoms with Crippen molar-refractivity contribution in [3.63, 3.8) is 0 Å². The van der Waals surface area contributed by atoms with Crippen LogP contribution < -0.4 is 15.5 Å². The Morgan fingerprint density at radius 1 is 1.07 bits per heavy atom. The van der Waals surface area contributed by atoms with E-state index in [2.05, 4.69) is 86.1 Å². The van der Waals surface area contributed by atoms with Crippen LogP contribution in [-0.2, 0) is 13.1 Å². The van der Waals surface area contributed by atoms with Crippen molar-refractivity contribution in [2.24, 2.45) is 0 Å². The first-order valence-electron chi connectivity index (χ1n) is 9.71. The molecule has 0 saturated carbocycles. The van der Waals surface area contributed by atoms with E-state index in [1.807, 2.05) is 20.3 Å². The number of fused-ring (bicyclic) bond motifs is 1. The van der Waals surface area contributed by atoms with Gasteiger partial charge in [-0.05, 0) is 23.8 Å². The van der Waals surface area contributed by atoms with Crippen LogP contribution in [0.5, 0.6) is 0 Å². The van der Waals surface area contributed by atoms with E-state index in [0.717, 1.165) is 49.1 Å². The molecule has 5 nitrogen and oxygen atoms in total. The van der Waals surface area contributed by atoms with Crippen LogP contribution >= 0.6 is 0 Å². The van der Waals surface area contributed by atoms with Gasteiger partial charge in [-0.1, -0.05) is 36.4 Å². The van der Waals surface area contributed by atoms with E-state index in [-0.39, 0.29) is 0 Å². The largest absolute Gasteiger partial charge is 0.383 e. The topological polar surface area (TPSA) is 43.4 Å². The summed E-state index contributed by atoms with van der Waals surface area (Å²) in [7, 11) is 4.09. The van der Waals surface area contributed by atoms with Gasteiger partial charge in [0.1, 0.15) is 5.82 Å². The van der Waals surface area contributed by atoms with Crippen molar-refractivity contribution >= 4 is 22.9 Å². The summed E-state index contributed by atoms with van der Waals surface area (Å²) in [5.41, 5.74) is 5.95. The zero-order chi connectivity index (χ0) is 19.3. The highest BCUT2D eigenvalue weighted by Gasteiger charge is 2.15. The second kappa shape index (κ2) is 8.31. The van der Waals surface area contributed by atoms with Crippen LogP contribution in [0, 0.1) is 0 Å². The van der Waals surface area contributed by atoms with Gasteiger partial charge in [0.05, 0.1) is 0 Å². The van der Waals surface area contributed by atoms with Crippen molar-refractivity contribution in [3.8, 4) is 0 Å². The van der Waals surface area contributed by atoms with Gasteiger partial charge in [-0.3, -0.25) is 4.90 Å². The Morgan fingerprint density at radius 2 is 1.93 bits per heavy atom. The molecule has 0 fully saturated rings. The Hall–Kier alpha value is -3.05. The van der Waals surface area contributed by atoms with Crippen LogP contribution in [0.25, 0.3) is 0 Å². The number of hydrogen-bond acceptors (Lipinski definition) is 5. The molecule has 1 aliphatic rings. The second-order valence-corrected chi connectivity index (χ2v) is 7.42. The SMILES string of the molecule is CN(C)c1cccc(Nc2cc3c(cn2)CN(Cc2ccccc2)CCN3)c1. The zero-order valence-electron chi connectivity index (χ0n) is 16.5. The van der Waals surface area contributed by atoms with E-state index in [0.29, 0.717) is 0 Å². The second-order valence-electron chi connectivity index (χ2n) is 7.42. The molecule has 0 unspecified atom stereocenters. The average molecular weight is 374 g/mol. The molecule has 28 heavy (non-hydrogen) atoms. The van der Waals surface area contributed by atoms with Crippen molar-refractivity contribution < 1.29 is 0 Å². The van der Waals surface area contributed by atoms with Crippen molar-refractivity contribution in [1.82, 2.24) is 9.88 Å². The lowest BCUT2D eigenvalue weighted by molar-refractivity contribution is 0.271. The fourth-order valence-corrected chi connectivity index (χ4v) is 3.50.